The summed E-state index contributed by atoms with van der Waals surface area (Å²) in [5, 5.41) is 23.7. The van der Waals surface area contributed by atoms with Gasteiger partial charge >= 0.3 is 0 Å². The number of nitrogens with zero attached hydrogens (tertiary/aromatic N) is 1. The van der Waals surface area contributed by atoms with Gasteiger partial charge in [-0.15, -0.1) is 0 Å². The maximum Gasteiger partial charge on any atom is 0.144 e. The summed E-state index contributed by atoms with van der Waals surface area (Å²) in [6.45, 7) is 9.65. The Balaban J connectivity index is 2.65. The van der Waals surface area contributed by atoms with Crippen molar-refractivity contribution in [1.29, 1.82) is 0 Å². The van der Waals surface area contributed by atoms with Crippen LogP contribution in [0.25, 0.3) is 0 Å². The molecule has 2 aromatic carbocycles. The van der Waals surface area contributed by atoms with Crippen LogP contribution < -0.4 is 5.06 Å². The summed E-state index contributed by atoms with van der Waals surface area (Å²) >= 11 is 0. The highest BCUT2D eigenvalue weighted by Gasteiger charge is 2.19. The molecule has 0 spiro atoms. The molecule has 20 heavy (non-hydrogen) atoms. The van der Waals surface area contributed by atoms with Crippen LogP contribution in [0.2, 0.25) is 0 Å². The fourth-order valence-electron chi connectivity index (χ4n) is 2.43. The Bertz CT molecular complexity index is 636. The van der Waals surface area contributed by atoms with Crippen molar-refractivity contribution in [2.24, 2.45) is 0 Å². The smallest absolute Gasteiger partial charge is 0.144 e. The van der Waals surface area contributed by atoms with Gasteiger partial charge in [-0.05, 0) is 68.5 Å². The fourth-order valence-corrected chi connectivity index (χ4v) is 2.43. The van der Waals surface area contributed by atoms with Crippen LogP contribution in [0.4, 0.5) is 11.4 Å². The first-order valence-corrected chi connectivity index (χ1v) is 6.67. The Kier molecular flexibility index (Phi) is 3.73. The van der Waals surface area contributed by atoms with Gasteiger partial charge in [-0.3, -0.25) is 0 Å². The lowest BCUT2D eigenvalue weighted by Gasteiger charge is -2.23. The number of phenolic OH excluding ortho intramolecular Hbond substituents is 1. The van der Waals surface area contributed by atoms with E-state index in [4.69, 9.17) is 0 Å². The molecule has 1 N–H and O–H groups in total. The van der Waals surface area contributed by atoms with Gasteiger partial charge in [-0.1, -0.05) is 23.4 Å². The first-order chi connectivity index (χ1) is 9.34. The summed E-state index contributed by atoms with van der Waals surface area (Å²) in [5.74, 6) is 0.0421. The highest BCUT2D eigenvalue weighted by Crippen LogP contribution is 2.38. The van der Waals surface area contributed by atoms with Gasteiger partial charge in [0.25, 0.3) is 0 Å². The molecule has 3 heteroatoms. The monoisotopic (exact) mass is 270 g/mol. The number of phenols is 1. The predicted molar refractivity (Wildman–Crippen MR) is 81.1 cm³/mol. The van der Waals surface area contributed by atoms with Gasteiger partial charge in [0.2, 0.25) is 0 Å². The third kappa shape index (κ3) is 2.25. The Hall–Kier alpha value is -2.00. The lowest BCUT2D eigenvalue weighted by Crippen LogP contribution is -2.13. The Morgan fingerprint density at radius 2 is 1.45 bits per heavy atom. The molecule has 0 bridgehead atoms. The third-order valence-corrected chi connectivity index (χ3v) is 3.96. The van der Waals surface area contributed by atoms with Crippen molar-refractivity contribution in [2.45, 2.75) is 34.6 Å². The summed E-state index contributed by atoms with van der Waals surface area (Å²) < 4.78 is 0. The molecule has 105 valence electrons. The average molecular weight is 270 g/mol. The van der Waals surface area contributed by atoms with Gasteiger partial charge < -0.3 is 5.11 Å². The van der Waals surface area contributed by atoms with E-state index in [9.17, 15) is 10.3 Å². The Morgan fingerprint density at radius 3 is 2.00 bits per heavy atom. The van der Waals surface area contributed by atoms with E-state index in [0.717, 1.165) is 27.3 Å². The summed E-state index contributed by atoms with van der Waals surface area (Å²) in [4.78, 5) is 0. The quantitative estimate of drug-likeness (QED) is 0.821. The van der Waals surface area contributed by atoms with Crippen molar-refractivity contribution < 1.29 is 10.3 Å². The molecule has 1 radical (unpaired) electrons. The molecule has 0 aliphatic carbocycles. The molecule has 0 amide bonds. The summed E-state index contributed by atoms with van der Waals surface area (Å²) in [7, 11) is 0. The van der Waals surface area contributed by atoms with Crippen molar-refractivity contribution >= 4 is 11.4 Å². The van der Waals surface area contributed by atoms with Crippen molar-refractivity contribution in [2.75, 3.05) is 5.06 Å². The molecular weight excluding hydrogens is 250 g/mol. The first-order valence-electron chi connectivity index (χ1n) is 6.67. The number of para-hydroxylation sites is 1. The van der Waals surface area contributed by atoms with Crippen LogP contribution in [-0.2, 0) is 5.21 Å². The van der Waals surface area contributed by atoms with Crippen LogP contribution in [0.5, 0.6) is 5.75 Å². The fraction of sp³-hybridized carbons (Fsp3) is 0.294. The van der Waals surface area contributed by atoms with E-state index < -0.39 is 0 Å². The minimum absolute atomic E-state index is 0.0421. The number of aryl methyl sites for hydroxylation is 3. The highest BCUT2D eigenvalue weighted by molar-refractivity contribution is 5.73. The van der Waals surface area contributed by atoms with E-state index in [1.807, 2.05) is 27.7 Å². The van der Waals surface area contributed by atoms with Gasteiger partial charge in [0.15, 0.2) is 0 Å². The molecule has 2 aromatic rings. The van der Waals surface area contributed by atoms with Gasteiger partial charge in [0, 0.05) is 0 Å². The van der Waals surface area contributed by atoms with Gasteiger partial charge in [0.1, 0.15) is 11.4 Å². The number of hydrogen-bond donors (Lipinski definition) is 1. The highest BCUT2D eigenvalue weighted by atomic mass is 16.5. The molecule has 0 aliphatic heterocycles. The molecule has 0 aliphatic rings. The van der Waals surface area contributed by atoms with Crippen LogP contribution in [0.15, 0.2) is 24.3 Å². The van der Waals surface area contributed by atoms with Crippen LogP contribution in [0.3, 0.4) is 0 Å². The lowest BCUT2D eigenvalue weighted by molar-refractivity contribution is 0.193. The molecule has 3 nitrogen and oxygen atoms in total. The molecule has 0 heterocycles. The standard InChI is InChI=1S/C17H20NO2/c1-10-7-6-8-15(17(10)19)18(20)16-13(4)11(2)9-12(3)14(16)5/h6-9,19H,1-5H3. The average Bonchev–Trinajstić information content (AvgIpc) is 2.40. The van der Waals surface area contributed by atoms with Crippen LogP contribution >= 0.6 is 0 Å². The van der Waals surface area contributed by atoms with Crippen LogP contribution in [0, 0.1) is 34.6 Å². The largest absolute Gasteiger partial charge is 0.505 e. The van der Waals surface area contributed by atoms with Crippen molar-refractivity contribution in [1.82, 2.24) is 0 Å². The number of aromatic hydroxyl groups is 1. The number of hydrogen-bond acceptors (Lipinski definition) is 2. The van der Waals surface area contributed by atoms with Crippen molar-refractivity contribution in [3.63, 3.8) is 0 Å². The molecule has 0 aromatic heterocycles. The molecule has 0 fully saturated rings. The Morgan fingerprint density at radius 1 is 0.900 bits per heavy atom. The van der Waals surface area contributed by atoms with E-state index in [1.54, 1.807) is 25.1 Å². The summed E-state index contributed by atoms with van der Waals surface area (Å²) in [6, 6.07) is 7.29. The van der Waals surface area contributed by atoms with Crippen LogP contribution in [-0.4, -0.2) is 5.11 Å². The zero-order valence-corrected chi connectivity index (χ0v) is 12.6. The molecule has 0 saturated heterocycles. The zero-order chi connectivity index (χ0) is 15.0. The van der Waals surface area contributed by atoms with Gasteiger partial charge in [0.05, 0.1) is 5.69 Å². The Labute approximate surface area is 120 Å². The van der Waals surface area contributed by atoms with E-state index in [2.05, 4.69) is 6.07 Å². The summed E-state index contributed by atoms with van der Waals surface area (Å²) in [6.07, 6.45) is 0. The van der Waals surface area contributed by atoms with Crippen molar-refractivity contribution in [3.8, 4) is 5.75 Å². The maximum absolute atomic E-state index is 12.7. The second kappa shape index (κ2) is 5.17. The van der Waals surface area contributed by atoms with E-state index >= 15 is 0 Å². The second-order valence-electron chi connectivity index (χ2n) is 5.35. The molecule has 0 unspecified atom stereocenters. The maximum atomic E-state index is 12.7. The molecule has 2 rings (SSSR count). The van der Waals surface area contributed by atoms with Crippen LogP contribution in [0.1, 0.15) is 27.8 Å². The number of benzene rings is 2. The SMILES string of the molecule is Cc1cc(C)c(C)c(N([O])c2cccc(C)c2O)c1C. The molecule has 0 atom stereocenters. The second-order valence-corrected chi connectivity index (χ2v) is 5.35. The zero-order valence-electron chi connectivity index (χ0n) is 12.6. The minimum atomic E-state index is 0.0421. The predicted octanol–water partition coefficient (Wildman–Crippen LogP) is 4.42. The first kappa shape index (κ1) is 14.4. The normalized spacial score (nSPS) is 10.7. The number of rotatable bonds is 2. The van der Waals surface area contributed by atoms with E-state index in [0.29, 0.717) is 16.9 Å². The minimum Gasteiger partial charge on any atom is -0.505 e. The summed E-state index contributed by atoms with van der Waals surface area (Å²) in [5.41, 5.74) is 5.67. The van der Waals surface area contributed by atoms with Crippen molar-refractivity contribution in [3.05, 3.63) is 52.1 Å². The molecular formula is C17H20NO2. The van der Waals surface area contributed by atoms with E-state index in [-0.39, 0.29) is 5.75 Å². The van der Waals surface area contributed by atoms with E-state index in [1.165, 1.54) is 0 Å². The lowest BCUT2D eigenvalue weighted by atomic mass is 9.98. The van der Waals surface area contributed by atoms with Gasteiger partial charge in [-0.25, -0.2) is 0 Å². The van der Waals surface area contributed by atoms with Gasteiger partial charge in [-0.2, -0.15) is 5.06 Å². The third-order valence-electron chi connectivity index (χ3n) is 3.96. The number of anilines is 2. The topological polar surface area (TPSA) is 43.4 Å². The molecule has 0 saturated carbocycles.